The molecule has 2 aromatic carbocycles. The molecule has 0 unspecified atom stereocenters. The molecule has 0 spiro atoms. The smallest absolute Gasteiger partial charge is 0.419 e. The Morgan fingerprint density at radius 1 is 1.03 bits per heavy atom. The number of hydrogen-bond acceptors (Lipinski definition) is 6. The molecule has 0 aliphatic carbocycles. The number of ether oxygens (including phenoxy) is 1. The quantitative estimate of drug-likeness (QED) is 0.413. The van der Waals surface area contributed by atoms with Crippen molar-refractivity contribution in [3.8, 4) is 5.75 Å². The van der Waals surface area contributed by atoms with Crippen molar-refractivity contribution in [1.29, 1.82) is 0 Å². The van der Waals surface area contributed by atoms with Crippen molar-refractivity contribution in [2.75, 3.05) is 20.7 Å². The second-order valence-electron chi connectivity index (χ2n) is 6.89. The summed E-state index contributed by atoms with van der Waals surface area (Å²) in [6.45, 7) is 2.57. The van der Waals surface area contributed by atoms with Crippen LogP contribution in [0.2, 0.25) is 0 Å². The fourth-order valence-electron chi connectivity index (χ4n) is 3.00. The SMILES string of the molecule is COc1ccc(CN(C)CCCCn2c(=O)oc3ccccc32)cc1.O=C(O)C(=O)O. The maximum absolute atomic E-state index is 11.9. The number of hydrogen-bond donors (Lipinski definition) is 2. The first-order chi connectivity index (χ1) is 14.8. The zero-order valence-corrected chi connectivity index (χ0v) is 17.5. The van der Waals surface area contributed by atoms with Gasteiger partial charge in [0.05, 0.1) is 12.6 Å². The van der Waals surface area contributed by atoms with Crippen LogP contribution in [0.15, 0.2) is 57.7 Å². The largest absolute Gasteiger partial charge is 0.497 e. The van der Waals surface area contributed by atoms with Crippen molar-refractivity contribution in [2.24, 2.45) is 0 Å². The number of rotatable bonds is 8. The van der Waals surface area contributed by atoms with Crippen molar-refractivity contribution < 1.29 is 29.0 Å². The third-order valence-corrected chi connectivity index (χ3v) is 4.54. The van der Waals surface area contributed by atoms with Gasteiger partial charge in [-0.15, -0.1) is 0 Å². The van der Waals surface area contributed by atoms with Gasteiger partial charge in [0.25, 0.3) is 0 Å². The number of nitrogens with zero attached hydrogens (tertiary/aromatic N) is 2. The summed E-state index contributed by atoms with van der Waals surface area (Å²) in [4.78, 5) is 32.4. The average molecular weight is 430 g/mol. The number of fused-ring (bicyclic) bond motifs is 1. The van der Waals surface area contributed by atoms with E-state index in [1.54, 1.807) is 11.7 Å². The first kappa shape index (κ1) is 23.7. The van der Waals surface area contributed by atoms with Crippen LogP contribution in [0.5, 0.6) is 5.75 Å². The molecule has 0 aliphatic heterocycles. The Balaban J connectivity index is 0.000000501. The van der Waals surface area contributed by atoms with Crippen LogP contribution in [0.4, 0.5) is 0 Å². The number of unbranched alkanes of at least 4 members (excludes halogenated alkanes) is 1. The fourth-order valence-corrected chi connectivity index (χ4v) is 3.00. The van der Waals surface area contributed by atoms with E-state index < -0.39 is 11.9 Å². The normalized spacial score (nSPS) is 10.5. The van der Waals surface area contributed by atoms with Crippen molar-refractivity contribution in [1.82, 2.24) is 9.47 Å². The molecule has 3 aromatic rings. The predicted molar refractivity (Wildman–Crippen MR) is 114 cm³/mol. The number of aliphatic carboxylic acids is 2. The van der Waals surface area contributed by atoms with Gasteiger partial charge in [-0.05, 0) is 56.3 Å². The lowest BCUT2D eigenvalue weighted by atomic mass is 10.2. The molecule has 0 radical (unpaired) electrons. The second-order valence-corrected chi connectivity index (χ2v) is 6.89. The first-order valence-corrected chi connectivity index (χ1v) is 9.68. The molecule has 0 amide bonds. The molecule has 9 heteroatoms. The van der Waals surface area contributed by atoms with Gasteiger partial charge in [-0.3, -0.25) is 4.57 Å². The number of aromatic nitrogens is 1. The molecule has 0 bridgehead atoms. The molecule has 0 saturated heterocycles. The number of carboxylic acids is 2. The maximum Gasteiger partial charge on any atom is 0.419 e. The van der Waals surface area contributed by atoms with Crippen molar-refractivity contribution in [3.05, 3.63) is 64.6 Å². The zero-order chi connectivity index (χ0) is 22.8. The number of para-hydroxylation sites is 2. The van der Waals surface area contributed by atoms with Crippen molar-refractivity contribution in [3.63, 3.8) is 0 Å². The maximum atomic E-state index is 11.9. The van der Waals surface area contributed by atoms with Crippen LogP contribution in [0.25, 0.3) is 11.1 Å². The monoisotopic (exact) mass is 430 g/mol. The van der Waals surface area contributed by atoms with E-state index in [-0.39, 0.29) is 5.76 Å². The van der Waals surface area contributed by atoms with Crippen LogP contribution in [0, 0.1) is 0 Å². The molecule has 0 atom stereocenters. The minimum absolute atomic E-state index is 0.271. The van der Waals surface area contributed by atoms with E-state index in [1.807, 2.05) is 36.4 Å². The van der Waals surface area contributed by atoms with Crippen LogP contribution < -0.4 is 10.5 Å². The molecule has 3 rings (SSSR count). The van der Waals surface area contributed by atoms with Gasteiger partial charge in [0.15, 0.2) is 5.58 Å². The Morgan fingerprint density at radius 3 is 2.29 bits per heavy atom. The molecule has 1 aromatic heterocycles. The van der Waals surface area contributed by atoms with Crippen LogP contribution in [0.3, 0.4) is 0 Å². The Hall–Kier alpha value is -3.59. The van der Waals surface area contributed by atoms with Crippen LogP contribution in [-0.2, 0) is 22.7 Å². The van der Waals surface area contributed by atoms with Crippen molar-refractivity contribution >= 4 is 23.0 Å². The van der Waals surface area contributed by atoms with Crippen molar-refractivity contribution in [2.45, 2.75) is 25.9 Å². The van der Waals surface area contributed by atoms with E-state index in [4.69, 9.17) is 29.0 Å². The molecule has 1 heterocycles. The van der Waals surface area contributed by atoms with Gasteiger partial charge in [-0.1, -0.05) is 24.3 Å². The van der Waals surface area contributed by atoms with Gasteiger partial charge >= 0.3 is 17.7 Å². The van der Waals surface area contributed by atoms with E-state index >= 15 is 0 Å². The van der Waals surface area contributed by atoms with E-state index in [0.717, 1.165) is 37.2 Å². The zero-order valence-electron chi connectivity index (χ0n) is 17.5. The number of carboxylic acid groups (broad SMARTS) is 2. The lowest BCUT2D eigenvalue weighted by molar-refractivity contribution is -0.159. The van der Waals surface area contributed by atoms with Gasteiger partial charge in [0.2, 0.25) is 0 Å². The summed E-state index contributed by atoms with van der Waals surface area (Å²) in [5.74, 6) is -3.04. The topological polar surface area (TPSA) is 122 Å². The molecule has 0 fully saturated rings. The second kappa shape index (κ2) is 11.6. The Bertz CT molecular complexity index is 1040. The Labute approximate surface area is 179 Å². The number of methoxy groups -OCH3 is 1. The summed E-state index contributed by atoms with van der Waals surface area (Å²) in [6, 6.07) is 15.7. The van der Waals surface area contributed by atoms with E-state index in [0.29, 0.717) is 12.1 Å². The number of carbonyl (C=O) groups is 2. The van der Waals surface area contributed by atoms with Crippen LogP contribution >= 0.6 is 0 Å². The first-order valence-electron chi connectivity index (χ1n) is 9.68. The number of oxazole rings is 1. The summed E-state index contributed by atoms with van der Waals surface area (Å²) in [5.41, 5.74) is 2.79. The van der Waals surface area contributed by atoms with Gasteiger partial charge in [0.1, 0.15) is 5.75 Å². The summed E-state index contributed by atoms with van der Waals surface area (Å²) < 4.78 is 12.2. The van der Waals surface area contributed by atoms with Gasteiger partial charge in [0, 0.05) is 13.1 Å². The number of aryl methyl sites for hydroxylation is 1. The predicted octanol–water partition coefficient (Wildman–Crippen LogP) is 2.67. The summed E-state index contributed by atoms with van der Waals surface area (Å²) >= 11 is 0. The molecule has 0 saturated carbocycles. The van der Waals surface area contributed by atoms with Gasteiger partial charge in [-0.25, -0.2) is 14.4 Å². The summed E-state index contributed by atoms with van der Waals surface area (Å²) in [6.07, 6.45) is 1.97. The summed E-state index contributed by atoms with van der Waals surface area (Å²) in [7, 11) is 3.79. The Morgan fingerprint density at radius 2 is 1.68 bits per heavy atom. The highest BCUT2D eigenvalue weighted by Crippen LogP contribution is 2.14. The third-order valence-electron chi connectivity index (χ3n) is 4.54. The van der Waals surface area contributed by atoms with E-state index in [1.165, 1.54) is 5.56 Å². The lowest BCUT2D eigenvalue weighted by Gasteiger charge is -2.16. The van der Waals surface area contributed by atoms with E-state index in [2.05, 4.69) is 24.1 Å². The van der Waals surface area contributed by atoms with Gasteiger partial charge in [-0.2, -0.15) is 0 Å². The molecule has 9 nitrogen and oxygen atoms in total. The lowest BCUT2D eigenvalue weighted by Crippen LogP contribution is -2.20. The van der Waals surface area contributed by atoms with E-state index in [9.17, 15) is 4.79 Å². The standard InChI is InChI=1S/C20H24N2O3.C2H2O4/c1-21(15-16-9-11-17(24-2)12-10-16)13-5-6-14-22-18-7-3-4-8-19(18)25-20(22)23;3-1(4)2(5)6/h3-4,7-12H,5-6,13-15H2,1-2H3;(H,3,4)(H,5,6). The molecule has 166 valence electrons. The third kappa shape index (κ3) is 7.31. The van der Waals surface area contributed by atoms with Gasteiger partial charge < -0.3 is 24.3 Å². The molecule has 31 heavy (non-hydrogen) atoms. The minimum atomic E-state index is -1.82. The highest BCUT2D eigenvalue weighted by molar-refractivity contribution is 6.27. The highest BCUT2D eigenvalue weighted by Gasteiger charge is 2.08. The van der Waals surface area contributed by atoms with Crippen LogP contribution in [0.1, 0.15) is 18.4 Å². The van der Waals surface area contributed by atoms with Crippen LogP contribution in [-0.4, -0.2) is 52.3 Å². The average Bonchev–Trinajstić information content (AvgIpc) is 3.07. The molecular weight excluding hydrogens is 404 g/mol. The minimum Gasteiger partial charge on any atom is -0.497 e. The highest BCUT2D eigenvalue weighted by atomic mass is 16.5. The fraction of sp³-hybridized carbons (Fsp3) is 0.318. The number of benzene rings is 2. The molecule has 2 N–H and O–H groups in total. The molecular formula is C22H26N2O7. The Kier molecular flexibility index (Phi) is 8.83. The molecule has 0 aliphatic rings. The summed E-state index contributed by atoms with van der Waals surface area (Å²) in [5, 5.41) is 14.8.